The minimum absolute atomic E-state index is 0.108. The Morgan fingerprint density at radius 1 is 1.38 bits per heavy atom. The molecule has 2 atom stereocenters. The molecule has 0 aliphatic rings. The number of ether oxygens (including phenoxy) is 1. The van der Waals surface area contributed by atoms with Crippen molar-refractivity contribution in [2.75, 3.05) is 26.4 Å². The van der Waals surface area contributed by atoms with Gasteiger partial charge in [0.2, 0.25) is 0 Å². The summed E-state index contributed by atoms with van der Waals surface area (Å²) in [5.74, 6) is 0.220. The first-order valence-corrected chi connectivity index (χ1v) is 4.87. The van der Waals surface area contributed by atoms with Gasteiger partial charge in [0.1, 0.15) is 0 Å². The maximum absolute atomic E-state index is 9.19. The lowest BCUT2D eigenvalue weighted by atomic mass is 9.83. The second-order valence-corrected chi connectivity index (χ2v) is 4.10. The van der Waals surface area contributed by atoms with Crippen LogP contribution in [-0.2, 0) is 4.74 Å². The van der Waals surface area contributed by atoms with E-state index in [9.17, 15) is 5.11 Å². The van der Waals surface area contributed by atoms with E-state index in [1.54, 1.807) is 0 Å². The van der Waals surface area contributed by atoms with Gasteiger partial charge in [-0.05, 0) is 19.3 Å². The molecule has 0 amide bonds. The van der Waals surface area contributed by atoms with E-state index in [2.05, 4.69) is 0 Å². The molecule has 0 radical (unpaired) electrons. The molecule has 0 aromatic heterocycles. The predicted molar refractivity (Wildman–Crippen MR) is 52.6 cm³/mol. The van der Waals surface area contributed by atoms with Crippen molar-refractivity contribution < 1.29 is 14.9 Å². The summed E-state index contributed by atoms with van der Waals surface area (Å²) >= 11 is 0. The highest BCUT2D eigenvalue weighted by molar-refractivity contribution is 4.75. The summed E-state index contributed by atoms with van der Waals surface area (Å²) in [6.07, 6.45) is 0.792. The molecule has 3 heteroatoms. The van der Waals surface area contributed by atoms with E-state index in [0.29, 0.717) is 13.2 Å². The van der Waals surface area contributed by atoms with E-state index < -0.39 is 0 Å². The number of rotatable bonds is 7. The number of aliphatic hydroxyl groups is 2. The average molecular weight is 190 g/mol. The molecular weight excluding hydrogens is 168 g/mol. The molecule has 0 aliphatic carbocycles. The minimum atomic E-state index is -0.210. The fourth-order valence-electron chi connectivity index (χ4n) is 1.42. The normalized spacial score (nSPS) is 18.2. The molecule has 0 aliphatic heterocycles. The van der Waals surface area contributed by atoms with E-state index in [0.717, 1.165) is 6.42 Å². The van der Waals surface area contributed by atoms with Crippen LogP contribution in [0, 0.1) is 11.3 Å². The summed E-state index contributed by atoms with van der Waals surface area (Å²) in [5.41, 5.74) is -0.210. The van der Waals surface area contributed by atoms with Crippen LogP contribution < -0.4 is 0 Å². The van der Waals surface area contributed by atoms with Gasteiger partial charge >= 0.3 is 0 Å². The molecule has 0 spiro atoms. The van der Waals surface area contributed by atoms with Crippen molar-refractivity contribution in [3.63, 3.8) is 0 Å². The zero-order chi connectivity index (χ0) is 10.3. The van der Waals surface area contributed by atoms with Gasteiger partial charge in [-0.15, -0.1) is 0 Å². The highest BCUT2D eigenvalue weighted by Gasteiger charge is 2.25. The number of aliphatic hydroxyl groups excluding tert-OH is 2. The van der Waals surface area contributed by atoms with Crippen LogP contribution >= 0.6 is 0 Å². The summed E-state index contributed by atoms with van der Waals surface area (Å²) in [6.45, 7) is 7.40. The van der Waals surface area contributed by atoms with Crippen molar-refractivity contribution in [2.45, 2.75) is 27.2 Å². The molecule has 80 valence electrons. The molecule has 0 aromatic rings. The Kier molecular flexibility index (Phi) is 6.29. The van der Waals surface area contributed by atoms with Crippen molar-refractivity contribution >= 4 is 0 Å². The van der Waals surface area contributed by atoms with Gasteiger partial charge < -0.3 is 14.9 Å². The lowest BCUT2D eigenvalue weighted by molar-refractivity contribution is 0.00365. The molecular formula is C10H22O3. The van der Waals surface area contributed by atoms with Crippen LogP contribution in [-0.4, -0.2) is 36.6 Å². The fourth-order valence-corrected chi connectivity index (χ4v) is 1.42. The Morgan fingerprint density at radius 3 is 2.38 bits per heavy atom. The summed E-state index contributed by atoms with van der Waals surface area (Å²) in [4.78, 5) is 0. The van der Waals surface area contributed by atoms with Crippen LogP contribution in [0.15, 0.2) is 0 Å². The largest absolute Gasteiger partial charge is 0.396 e. The van der Waals surface area contributed by atoms with Crippen LogP contribution in [0.1, 0.15) is 27.2 Å². The molecule has 0 saturated heterocycles. The molecule has 0 saturated carbocycles. The molecule has 2 N–H and O–H groups in total. The lowest BCUT2D eigenvalue weighted by Gasteiger charge is -2.29. The van der Waals surface area contributed by atoms with E-state index >= 15 is 0 Å². The van der Waals surface area contributed by atoms with Gasteiger partial charge in [-0.3, -0.25) is 0 Å². The summed E-state index contributed by atoms with van der Waals surface area (Å²) in [5, 5.41) is 18.1. The Morgan fingerprint density at radius 2 is 2.00 bits per heavy atom. The summed E-state index contributed by atoms with van der Waals surface area (Å²) < 4.78 is 5.29. The second kappa shape index (κ2) is 6.35. The van der Waals surface area contributed by atoms with Crippen molar-refractivity contribution in [3.05, 3.63) is 0 Å². The van der Waals surface area contributed by atoms with E-state index in [4.69, 9.17) is 9.84 Å². The van der Waals surface area contributed by atoms with Crippen molar-refractivity contribution in [1.82, 2.24) is 0 Å². The molecule has 3 nitrogen and oxygen atoms in total. The zero-order valence-corrected chi connectivity index (χ0v) is 8.92. The first kappa shape index (κ1) is 12.9. The molecule has 2 unspecified atom stereocenters. The van der Waals surface area contributed by atoms with Gasteiger partial charge in [0.25, 0.3) is 0 Å². The molecule has 0 aromatic carbocycles. The summed E-state index contributed by atoms with van der Waals surface area (Å²) in [7, 11) is 0. The monoisotopic (exact) mass is 190 g/mol. The maximum atomic E-state index is 9.19. The standard InChI is InChI=1S/C10H22O3/c1-4-13-8-10(3,7-12)5-9(2)6-11/h9,11-12H,4-8H2,1-3H3. The van der Waals surface area contributed by atoms with E-state index in [1.807, 2.05) is 20.8 Å². The molecule has 13 heavy (non-hydrogen) atoms. The van der Waals surface area contributed by atoms with Crippen LogP contribution in [0.2, 0.25) is 0 Å². The van der Waals surface area contributed by atoms with Gasteiger partial charge in [-0.2, -0.15) is 0 Å². The Balaban J connectivity index is 3.94. The Bertz CT molecular complexity index is 127. The summed E-state index contributed by atoms with van der Waals surface area (Å²) in [6, 6.07) is 0. The van der Waals surface area contributed by atoms with Crippen LogP contribution in [0.5, 0.6) is 0 Å². The SMILES string of the molecule is CCOCC(C)(CO)CC(C)CO. The molecule has 0 bridgehead atoms. The van der Waals surface area contributed by atoms with E-state index in [-0.39, 0.29) is 24.5 Å². The van der Waals surface area contributed by atoms with Crippen molar-refractivity contribution in [2.24, 2.45) is 11.3 Å². The van der Waals surface area contributed by atoms with E-state index in [1.165, 1.54) is 0 Å². The Hall–Kier alpha value is -0.120. The van der Waals surface area contributed by atoms with Gasteiger partial charge in [0, 0.05) is 18.6 Å². The topological polar surface area (TPSA) is 49.7 Å². The number of hydrogen-bond donors (Lipinski definition) is 2. The third-order valence-electron chi connectivity index (χ3n) is 2.19. The van der Waals surface area contributed by atoms with Crippen LogP contribution in [0.4, 0.5) is 0 Å². The molecule has 0 heterocycles. The minimum Gasteiger partial charge on any atom is -0.396 e. The van der Waals surface area contributed by atoms with Crippen LogP contribution in [0.25, 0.3) is 0 Å². The average Bonchev–Trinajstić information content (AvgIpc) is 2.14. The quantitative estimate of drug-likeness (QED) is 0.630. The highest BCUT2D eigenvalue weighted by Crippen LogP contribution is 2.25. The highest BCUT2D eigenvalue weighted by atomic mass is 16.5. The lowest BCUT2D eigenvalue weighted by Crippen LogP contribution is -2.30. The first-order chi connectivity index (χ1) is 6.08. The zero-order valence-electron chi connectivity index (χ0n) is 8.92. The van der Waals surface area contributed by atoms with Crippen molar-refractivity contribution in [1.29, 1.82) is 0 Å². The van der Waals surface area contributed by atoms with Gasteiger partial charge in [-0.1, -0.05) is 13.8 Å². The van der Waals surface area contributed by atoms with Gasteiger partial charge in [-0.25, -0.2) is 0 Å². The van der Waals surface area contributed by atoms with Crippen molar-refractivity contribution in [3.8, 4) is 0 Å². The second-order valence-electron chi connectivity index (χ2n) is 4.10. The smallest absolute Gasteiger partial charge is 0.0541 e. The molecule has 0 fully saturated rings. The third-order valence-corrected chi connectivity index (χ3v) is 2.19. The first-order valence-electron chi connectivity index (χ1n) is 4.87. The Labute approximate surface area is 80.7 Å². The number of hydrogen-bond acceptors (Lipinski definition) is 3. The van der Waals surface area contributed by atoms with Gasteiger partial charge in [0.15, 0.2) is 0 Å². The maximum Gasteiger partial charge on any atom is 0.0541 e. The molecule has 0 rings (SSSR count). The van der Waals surface area contributed by atoms with Crippen LogP contribution in [0.3, 0.4) is 0 Å². The fraction of sp³-hybridized carbons (Fsp3) is 1.00. The third kappa shape index (κ3) is 5.24. The predicted octanol–water partition coefficient (Wildman–Crippen LogP) is 1.04. The van der Waals surface area contributed by atoms with Gasteiger partial charge in [0.05, 0.1) is 13.2 Å².